The van der Waals surface area contributed by atoms with Gasteiger partial charge in [-0.05, 0) is 58.1 Å². The van der Waals surface area contributed by atoms with Crippen molar-refractivity contribution in [2.45, 2.75) is 46.6 Å². The van der Waals surface area contributed by atoms with Crippen LogP contribution in [-0.2, 0) is 0 Å². The van der Waals surface area contributed by atoms with Crippen LogP contribution in [0.25, 0.3) is 0 Å². The monoisotopic (exact) mass is 259 g/mol. The SMILES string of the molecule is Cc1ccc(C)c(C(=O)CN(CC2CC2)C(C)C)c1. The summed E-state index contributed by atoms with van der Waals surface area (Å²) in [4.78, 5) is 14.8. The number of rotatable bonds is 6. The van der Waals surface area contributed by atoms with E-state index in [0.29, 0.717) is 12.6 Å². The Balaban J connectivity index is 2.07. The second-order valence-electron chi connectivity index (χ2n) is 6.21. The topological polar surface area (TPSA) is 20.3 Å². The zero-order chi connectivity index (χ0) is 14.0. The molecule has 0 atom stereocenters. The van der Waals surface area contributed by atoms with Crippen molar-refractivity contribution in [3.63, 3.8) is 0 Å². The summed E-state index contributed by atoms with van der Waals surface area (Å²) in [5.74, 6) is 1.09. The van der Waals surface area contributed by atoms with Crippen LogP contribution in [0.15, 0.2) is 18.2 Å². The highest BCUT2D eigenvalue weighted by atomic mass is 16.1. The van der Waals surface area contributed by atoms with E-state index in [1.165, 1.54) is 12.8 Å². The van der Waals surface area contributed by atoms with E-state index >= 15 is 0 Å². The Morgan fingerprint density at radius 2 is 2.00 bits per heavy atom. The number of carbonyl (C=O) groups excluding carboxylic acids is 1. The number of aryl methyl sites for hydroxylation is 2. The van der Waals surface area contributed by atoms with Crippen LogP contribution in [0.4, 0.5) is 0 Å². The number of hydrogen-bond acceptors (Lipinski definition) is 2. The minimum Gasteiger partial charge on any atom is -0.293 e. The second kappa shape index (κ2) is 5.87. The molecule has 2 nitrogen and oxygen atoms in total. The first kappa shape index (κ1) is 14.3. The first-order valence-electron chi connectivity index (χ1n) is 7.32. The Morgan fingerprint density at radius 3 is 2.58 bits per heavy atom. The third-order valence-corrected chi connectivity index (χ3v) is 3.96. The Hall–Kier alpha value is -1.15. The Bertz CT molecular complexity index is 460. The second-order valence-corrected chi connectivity index (χ2v) is 6.21. The van der Waals surface area contributed by atoms with Crippen molar-refractivity contribution in [1.29, 1.82) is 0 Å². The molecule has 0 aliphatic heterocycles. The Labute approximate surface area is 116 Å². The molecule has 0 spiro atoms. The summed E-state index contributed by atoms with van der Waals surface area (Å²) in [6.45, 7) is 10.1. The molecule has 0 unspecified atom stereocenters. The zero-order valence-corrected chi connectivity index (χ0v) is 12.6. The molecule has 104 valence electrons. The van der Waals surface area contributed by atoms with Crippen molar-refractivity contribution in [2.75, 3.05) is 13.1 Å². The lowest BCUT2D eigenvalue weighted by Crippen LogP contribution is -2.37. The summed E-state index contributed by atoms with van der Waals surface area (Å²) in [5, 5.41) is 0. The summed E-state index contributed by atoms with van der Waals surface area (Å²) in [5.41, 5.74) is 3.14. The van der Waals surface area contributed by atoms with Crippen LogP contribution in [-0.4, -0.2) is 29.8 Å². The Kier molecular flexibility index (Phi) is 4.41. The van der Waals surface area contributed by atoms with Crippen LogP contribution in [0.2, 0.25) is 0 Å². The fraction of sp³-hybridized carbons (Fsp3) is 0.588. The standard InChI is InChI=1S/C17H25NO/c1-12(2)18(10-15-7-8-15)11-17(19)16-9-13(3)5-6-14(16)4/h5-6,9,12,15H,7-8,10-11H2,1-4H3. The van der Waals surface area contributed by atoms with Gasteiger partial charge in [0.15, 0.2) is 5.78 Å². The lowest BCUT2D eigenvalue weighted by atomic mass is 10.0. The van der Waals surface area contributed by atoms with Gasteiger partial charge in [-0.2, -0.15) is 0 Å². The van der Waals surface area contributed by atoms with Gasteiger partial charge in [-0.25, -0.2) is 0 Å². The van der Waals surface area contributed by atoms with E-state index in [9.17, 15) is 4.79 Å². The van der Waals surface area contributed by atoms with E-state index in [0.717, 1.165) is 29.2 Å². The lowest BCUT2D eigenvalue weighted by Gasteiger charge is -2.26. The average molecular weight is 259 g/mol. The molecule has 0 amide bonds. The minimum absolute atomic E-state index is 0.260. The molecule has 0 aromatic heterocycles. The van der Waals surface area contributed by atoms with Gasteiger partial charge in [0.2, 0.25) is 0 Å². The first-order valence-corrected chi connectivity index (χ1v) is 7.32. The van der Waals surface area contributed by atoms with Gasteiger partial charge in [0, 0.05) is 18.2 Å². The molecule has 1 fully saturated rings. The van der Waals surface area contributed by atoms with Crippen LogP contribution in [0.5, 0.6) is 0 Å². The third kappa shape index (κ3) is 3.90. The Morgan fingerprint density at radius 1 is 1.32 bits per heavy atom. The highest BCUT2D eigenvalue weighted by Crippen LogP contribution is 2.30. The molecule has 0 heterocycles. The van der Waals surface area contributed by atoms with Crippen molar-refractivity contribution in [3.05, 3.63) is 34.9 Å². The van der Waals surface area contributed by atoms with Crippen molar-refractivity contribution in [1.82, 2.24) is 4.90 Å². The van der Waals surface area contributed by atoms with Gasteiger partial charge in [0.25, 0.3) is 0 Å². The fourth-order valence-corrected chi connectivity index (χ4v) is 2.40. The van der Waals surface area contributed by atoms with Crippen LogP contribution in [0.1, 0.15) is 48.2 Å². The van der Waals surface area contributed by atoms with Gasteiger partial charge >= 0.3 is 0 Å². The molecule has 19 heavy (non-hydrogen) atoms. The lowest BCUT2D eigenvalue weighted by molar-refractivity contribution is 0.0900. The van der Waals surface area contributed by atoms with Gasteiger partial charge in [-0.15, -0.1) is 0 Å². The molecule has 1 aliphatic carbocycles. The summed E-state index contributed by atoms with van der Waals surface area (Å²) in [7, 11) is 0. The van der Waals surface area contributed by atoms with Gasteiger partial charge < -0.3 is 0 Å². The number of carbonyl (C=O) groups is 1. The van der Waals surface area contributed by atoms with E-state index in [-0.39, 0.29) is 5.78 Å². The van der Waals surface area contributed by atoms with E-state index in [2.05, 4.69) is 24.8 Å². The molecule has 0 radical (unpaired) electrons. The summed E-state index contributed by atoms with van der Waals surface area (Å²) in [6.07, 6.45) is 2.67. The molecular weight excluding hydrogens is 234 g/mol. The summed E-state index contributed by atoms with van der Waals surface area (Å²) in [6, 6.07) is 6.57. The smallest absolute Gasteiger partial charge is 0.177 e. The van der Waals surface area contributed by atoms with Crippen LogP contribution >= 0.6 is 0 Å². The fourth-order valence-electron chi connectivity index (χ4n) is 2.40. The van der Waals surface area contributed by atoms with Gasteiger partial charge in [-0.3, -0.25) is 9.69 Å². The van der Waals surface area contributed by atoms with Crippen LogP contribution in [0, 0.1) is 19.8 Å². The molecule has 1 aromatic carbocycles. The normalized spacial score (nSPS) is 15.3. The predicted molar refractivity (Wildman–Crippen MR) is 79.7 cm³/mol. The molecule has 2 rings (SSSR count). The molecule has 0 saturated heterocycles. The summed E-state index contributed by atoms with van der Waals surface area (Å²) < 4.78 is 0. The van der Waals surface area contributed by atoms with Gasteiger partial charge in [-0.1, -0.05) is 17.7 Å². The molecule has 1 aromatic rings. The van der Waals surface area contributed by atoms with E-state index in [1.54, 1.807) is 0 Å². The van der Waals surface area contributed by atoms with Crippen molar-refractivity contribution >= 4 is 5.78 Å². The maximum atomic E-state index is 12.5. The largest absolute Gasteiger partial charge is 0.293 e. The molecular formula is C17H25NO. The number of hydrogen-bond donors (Lipinski definition) is 0. The minimum atomic E-state index is 0.260. The van der Waals surface area contributed by atoms with E-state index in [4.69, 9.17) is 0 Å². The maximum Gasteiger partial charge on any atom is 0.177 e. The summed E-state index contributed by atoms with van der Waals surface area (Å²) >= 11 is 0. The predicted octanol–water partition coefficient (Wildman–Crippen LogP) is 3.61. The van der Waals surface area contributed by atoms with Gasteiger partial charge in [0.05, 0.1) is 6.54 Å². The first-order chi connectivity index (χ1) is 8.97. The molecule has 2 heteroatoms. The van der Waals surface area contributed by atoms with Crippen molar-refractivity contribution in [3.8, 4) is 0 Å². The van der Waals surface area contributed by atoms with Crippen LogP contribution < -0.4 is 0 Å². The van der Waals surface area contributed by atoms with Crippen molar-refractivity contribution in [2.24, 2.45) is 5.92 Å². The van der Waals surface area contributed by atoms with E-state index in [1.807, 2.05) is 26.0 Å². The molecule has 0 bridgehead atoms. The van der Waals surface area contributed by atoms with E-state index < -0.39 is 0 Å². The zero-order valence-electron chi connectivity index (χ0n) is 12.6. The molecule has 1 saturated carbocycles. The highest BCUT2D eigenvalue weighted by molar-refractivity contribution is 5.99. The average Bonchev–Trinajstić information content (AvgIpc) is 3.15. The number of benzene rings is 1. The molecule has 1 aliphatic rings. The van der Waals surface area contributed by atoms with Crippen LogP contribution in [0.3, 0.4) is 0 Å². The molecule has 0 N–H and O–H groups in total. The van der Waals surface area contributed by atoms with Crippen molar-refractivity contribution < 1.29 is 4.79 Å². The number of Topliss-reactive ketones (excluding diaryl/α,β-unsaturated/α-hetero) is 1. The highest BCUT2D eigenvalue weighted by Gasteiger charge is 2.26. The number of ketones is 1. The number of nitrogens with zero attached hydrogens (tertiary/aromatic N) is 1. The maximum absolute atomic E-state index is 12.5. The van der Waals surface area contributed by atoms with Gasteiger partial charge in [0.1, 0.15) is 0 Å². The quantitative estimate of drug-likeness (QED) is 0.727. The third-order valence-electron chi connectivity index (χ3n) is 3.96.